The summed E-state index contributed by atoms with van der Waals surface area (Å²) in [6.45, 7) is 12.1. The van der Waals surface area contributed by atoms with Crippen molar-refractivity contribution in [2.75, 3.05) is 0 Å². The van der Waals surface area contributed by atoms with Crippen LogP contribution in [0.15, 0.2) is 10.8 Å². The summed E-state index contributed by atoms with van der Waals surface area (Å²) in [5, 5.41) is 1.27. The second kappa shape index (κ2) is 6.11. The van der Waals surface area contributed by atoms with Gasteiger partial charge in [-0.2, -0.15) is 0 Å². The van der Waals surface area contributed by atoms with Gasteiger partial charge in [0.25, 0.3) is 0 Å². The van der Waals surface area contributed by atoms with E-state index in [4.69, 9.17) is 4.74 Å². The smallest absolute Gasteiger partial charge is 0.334 e. The molecule has 0 bridgehead atoms. The average Bonchev–Trinajstić information content (AvgIpc) is 2.01. The van der Waals surface area contributed by atoms with Crippen LogP contribution in [-0.2, 0) is 9.53 Å². The SMILES string of the molecule is CC(C)OC(=O)C(=C([SiH3])C(C)C)C(C)C. The molecule has 0 rings (SSSR count). The number of hydrogen-bond donors (Lipinski definition) is 0. The van der Waals surface area contributed by atoms with E-state index >= 15 is 0 Å². The maximum absolute atomic E-state index is 11.9. The zero-order chi connectivity index (χ0) is 12.2. The molecule has 0 saturated carbocycles. The van der Waals surface area contributed by atoms with Crippen LogP contribution in [0.25, 0.3) is 0 Å². The Morgan fingerprint density at radius 3 is 1.73 bits per heavy atom. The molecule has 0 unspecified atom stereocenters. The zero-order valence-corrected chi connectivity index (χ0v) is 13.0. The fourth-order valence-electron chi connectivity index (χ4n) is 1.44. The van der Waals surface area contributed by atoms with Crippen molar-refractivity contribution in [1.82, 2.24) is 0 Å². The Morgan fingerprint density at radius 2 is 1.47 bits per heavy atom. The molecule has 0 fully saturated rings. The number of carbonyl (C=O) groups excluding carboxylic acids is 1. The van der Waals surface area contributed by atoms with Crippen molar-refractivity contribution in [3.05, 3.63) is 10.8 Å². The fourth-order valence-corrected chi connectivity index (χ4v) is 2.22. The summed E-state index contributed by atoms with van der Waals surface area (Å²) >= 11 is 0. The van der Waals surface area contributed by atoms with Gasteiger partial charge < -0.3 is 4.74 Å². The zero-order valence-electron chi connectivity index (χ0n) is 11.0. The van der Waals surface area contributed by atoms with Crippen LogP contribution >= 0.6 is 0 Å². The Hall–Kier alpha value is -0.573. The number of ether oxygens (including phenoxy) is 1. The molecule has 0 aromatic heterocycles. The molecule has 0 aliphatic carbocycles. The summed E-state index contributed by atoms with van der Waals surface area (Å²) in [5.74, 6) is 0.582. The van der Waals surface area contributed by atoms with Gasteiger partial charge >= 0.3 is 5.97 Å². The molecule has 0 aliphatic heterocycles. The molecule has 0 spiro atoms. The van der Waals surface area contributed by atoms with E-state index in [1.54, 1.807) is 0 Å². The third-order valence-electron chi connectivity index (χ3n) is 2.43. The summed E-state index contributed by atoms with van der Waals surface area (Å²) in [4.78, 5) is 11.9. The van der Waals surface area contributed by atoms with E-state index in [1.807, 2.05) is 13.8 Å². The highest BCUT2D eigenvalue weighted by Gasteiger charge is 2.20. The Kier molecular flexibility index (Phi) is 5.87. The first kappa shape index (κ1) is 14.4. The Morgan fingerprint density at radius 1 is 1.00 bits per heavy atom. The molecule has 0 saturated heterocycles. The van der Waals surface area contributed by atoms with Crippen LogP contribution in [0.3, 0.4) is 0 Å². The van der Waals surface area contributed by atoms with Crippen molar-refractivity contribution in [2.24, 2.45) is 11.8 Å². The number of esters is 1. The number of rotatable bonds is 4. The molecule has 0 aliphatic rings. The molecular weight excluding hydrogens is 204 g/mol. The standard InChI is InChI=1S/C12H24O2Si/c1-7(2)10(11(15)8(3)4)12(13)14-9(5)6/h7-9H,1-6,15H3. The first-order valence-corrected chi connectivity index (χ1v) is 6.69. The maximum Gasteiger partial charge on any atom is 0.334 e. The van der Waals surface area contributed by atoms with Crippen molar-refractivity contribution in [3.8, 4) is 0 Å². The van der Waals surface area contributed by atoms with Crippen LogP contribution in [-0.4, -0.2) is 22.3 Å². The second-order valence-electron chi connectivity index (χ2n) is 4.86. The van der Waals surface area contributed by atoms with Crippen molar-refractivity contribution >= 4 is 16.2 Å². The number of carbonyl (C=O) groups is 1. The quantitative estimate of drug-likeness (QED) is 0.417. The van der Waals surface area contributed by atoms with Crippen molar-refractivity contribution in [3.63, 3.8) is 0 Å². The van der Waals surface area contributed by atoms with Crippen molar-refractivity contribution in [1.29, 1.82) is 0 Å². The summed E-state index contributed by atoms with van der Waals surface area (Å²) in [6, 6.07) is 0. The summed E-state index contributed by atoms with van der Waals surface area (Å²) in [5.41, 5.74) is 0.894. The number of hydrogen-bond acceptors (Lipinski definition) is 2. The molecule has 0 N–H and O–H groups in total. The largest absolute Gasteiger partial charge is 0.460 e. The highest BCUT2D eigenvalue weighted by atomic mass is 28.1. The molecule has 0 aromatic carbocycles. The predicted octanol–water partition coefficient (Wildman–Crippen LogP) is 1.87. The lowest BCUT2D eigenvalue weighted by Crippen LogP contribution is -2.20. The molecule has 0 atom stereocenters. The average molecular weight is 228 g/mol. The Balaban J connectivity index is 4.98. The second-order valence-corrected chi connectivity index (χ2v) is 5.94. The Bertz CT molecular complexity index is 252. The molecule has 88 valence electrons. The lowest BCUT2D eigenvalue weighted by Gasteiger charge is -2.18. The third kappa shape index (κ3) is 4.65. The van der Waals surface area contributed by atoms with E-state index in [-0.39, 0.29) is 18.0 Å². The van der Waals surface area contributed by atoms with E-state index in [1.165, 1.54) is 5.20 Å². The van der Waals surface area contributed by atoms with Crippen LogP contribution in [0.4, 0.5) is 0 Å². The van der Waals surface area contributed by atoms with Gasteiger partial charge in [0.05, 0.1) is 6.10 Å². The minimum atomic E-state index is -0.126. The minimum Gasteiger partial charge on any atom is -0.460 e. The maximum atomic E-state index is 11.9. The molecule has 0 aromatic rings. The van der Waals surface area contributed by atoms with Crippen molar-refractivity contribution in [2.45, 2.75) is 47.6 Å². The summed E-state index contributed by atoms with van der Waals surface area (Å²) in [6.07, 6.45) is -0.0344. The van der Waals surface area contributed by atoms with Gasteiger partial charge in [-0.15, -0.1) is 0 Å². The van der Waals surface area contributed by atoms with Gasteiger partial charge in [-0.1, -0.05) is 32.9 Å². The van der Waals surface area contributed by atoms with Crippen LogP contribution in [0.2, 0.25) is 0 Å². The normalized spacial score (nSPS) is 13.7. The Labute approximate surface area is 96.5 Å². The molecular formula is C12H24O2Si. The molecule has 0 amide bonds. The van der Waals surface area contributed by atoms with Gasteiger partial charge in [-0.05, 0) is 25.7 Å². The van der Waals surface area contributed by atoms with Crippen LogP contribution in [0, 0.1) is 11.8 Å². The van der Waals surface area contributed by atoms with Crippen LogP contribution in [0.1, 0.15) is 41.5 Å². The minimum absolute atomic E-state index is 0.0344. The van der Waals surface area contributed by atoms with E-state index < -0.39 is 0 Å². The molecule has 3 heteroatoms. The lowest BCUT2D eigenvalue weighted by atomic mass is 9.98. The van der Waals surface area contributed by atoms with E-state index in [2.05, 4.69) is 27.7 Å². The van der Waals surface area contributed by atoms with E-state index in [9.17, 15) is 4.79 Å². The highest BCUT2D eigenvalue weighted by molar-refractivity contribution is 6.24. The third-order valence-corrected chi connectivity index (χ3v) is 4.12. The van der Waals surface area contributed by atoms with Gasteiger partial charge in [-0.25, -0.2) is 4.79 Å². The van der Waals surface area contributed by atoms with Gasteiger partial charge in [0.2, 0.25) is 0 Å². The molecule has 0 heterocycles. The number of allylic oxidation sites excluding steroid dienone is 1. The predicted molar refractivity (Wildman–Crippen MR) is 67.9 cm³/mol. The van der Waals surface area contributed by atoms with E-state index in [0.29, 0.717) is 5.92 Å². The van der Waals surface area contributed by atoms with Gasteiger partial charge in [0, 0.05) is 15.8 Å². The molecule has 15 heavy (non-hydrogen) atoms. The van der Waals surface area contributed by atoms with Crippen LogP contribution < -0.4 is 0 Å². The van der Waals surface area contributed by atoms with Gasteiger partial charge in [-0.3, -0.25) is 0 Å². The highest BCUT2D eigenvalue weighted by Crippen LogP contribution is 2.20. The van der Waals surface area contributed by atoms with Crippen molar-refractivity contribution < 1.29 is 9.53 Å². The first-order valence-electron chi connectivity index (χ1n) is 5.69. The monoisotopic (exact) mass is 228 g/mol. The molecule has 2 nitrogen and oxygen atoms in total. The van der Waals surface area contributed by atoms with Gasteiger partial charge in [0.15, 0.2) is 0 Å². The van der Waals surface area contributed by atoms with Crippen LogP contribution in [0.5, 0.6) is 0 Å². The topological polar surface area (TPSA) is 26.3 Å². The molecule has 0 radical (unpaired) electrons. The van der Waals surface area contributed by atoms with E-state index in [0.717, 1.165) is 15.8 Å². The first-order chi connectivity index (χ1) is 6.77. The van der Waals surface area contributed by atoms with Gasteiger partial charge in [0.1, 0.15) is 0 Å². The lowest BCUT2D eigenvalue weighted by molar-refractivity contribution is -0.143. The fraction of sp³-hybridized carbons (Fsp3) is 0.750. The summed E-state index contributed by atoms with van der Waals surface area (Å²) < 4.78 is 5.27. The summed E-state index contributed by atoms with van der Waals surface area (Å²) in [7, 11) is 0.932.